The van der Waals surface area contributed by atoms with E-state index in [9.17, 15) is 13.6 Å². The largest absolute Gasteiger partial charge is 0.493 e. The summed E-state index contributed by atoms with van der Waals surface area (Å²) in [4.78, 5) is 21.0. The van der Waals surface area contributed by atoms with Crippen molar-refractivity contribution in [2.45, 2.75) is 18.9 Å². The molecule has 1 fully saturated rings. The number of hydrogen-bond donors (Lipinski definition) is 2. The first-order chi connectivity index (χ1) is 13.4. The minimum Gasteiger partial charge on any atom is -0.493 e. The lowest BCUT2D eigenvalue weighted by Crippen LogP contribution is -2.35. The first-order valence-corrected chi connectivity index (χ1v) is 9.87. The number of carbonyl (C=O) groups excluding carboxylic acids is 1. The van der Waals surface area contributed by atoms with Crippen molar-refractivity contribution in [1.29, 1.82) is 0 Å². The molecule has 0 spiro atoms. The number of ether oxygens (including phenoxy) is 1. The van der Waals surface area contributed by atoms with Gasteiger partial charge in [-0.25, -0.2) is 13.8 Å². The van der Waals surface area contributed by atoms with Crippen molar-refractivity contribution in [3.8, 4) is 5.75 Å². The number of nitrogen functional groups attached to an aromatic ring is 1. The van der Waals surface area contributed by atoms with Crippen LogP contribution in [0.4, 0.5) is 20.5 Å². The number of aromatic nitrogens is 2. The summed E-state index contributed by atoms with van der Waals surface area (Å²) < 4.78 is 34.6. The minimum absolute atomic E-state index is 0.0500. The molecule has 1 aliphatic rings. The van der Waals surface area contributed by atoms with Gasteiger partial charge in [-0.2, -0.15) is 4.98 Å². The topological polar surface area (TPSA) is 93.4 Å². The monoisotopic (exact) mass is 409 g/mol. The second-order valence-corrected chi connectivity index (χ2v) is 7.20. The van der Waals surface area contributed by atoms with Crippen LogP contribution in [-0.2, 0) is 0 Å². The molecule has 1 aliphatic heterocycles. The summed E-state index contributed by atoms with van der Waals surface area (Å²) in [5.41, 5.74) is 5.60. The van der Waals surface area contributed by atoms with E-state index in [4.69, 9.17) is 10.5 Å². The van der Waals surface area contributed by atoms with E-state index >= 15 is 0 Å². The number of ketones is 1. The maximum Gasteiger partial charge on any atom is 0.224 e. The smallest absolute Gasteiger partial charge is 0.224 e. The van der Waals surface area contributed by atoms with Crippen LogP contribution < -0.4 is 15.8 Å². The van der Waals surface area contributed by atoms with Crippen LogP contribution in [0.25, 0.3) is 0 Å². The van der Waals surface area contributed by atoms with E-state index in [0.717, 1.165) is 32.0 Å². The average Bonchev–Trinajstić information content (AvgIpc) is 2.67. The van der Waals surface area contributed by atoms with Gasteiger partial charge >= 0.3 is 0 Å². The Labute approximate surface area is 165 Å². The number of methoxy groups -OCH3 is 1. The Morgan fingerprint density at radius 2 is 2.04 bits per heavy atom. The number of rotatable bonds is 6. The lowest BCUT2D eigenvalue weighted by Gasteiger charge is -2.30. The molecule has 28 heavy (non-hydrogen) atoms. The van der Waals surface area contributed by atoms with Gasteiger partial charge in [-0.1, -0.05) is 11.9 Å². The fraction of sp³-hybridized carbons (Fsp3) is 0.389. The number of hydrogen-bond acceptors (Lipinski definition) is 8. The van der Waals surface area contributed by atoms with Gasteiger partial charge in [0.2, 0.25) is 11.7 Å². The molecule has 3 N–H and O–H groups in total. The molecule has 2 aromatic rings. The van der Waals surface area contributed by atoms with Gasteiger partial charge in [0, 0.05) is 31.4 Å². The first kappa shape index (κ1) is 20.3. The number of anilines is 2. The standard InChI is InChI=1S/C18H21F2N5O2S/c1-27-16-12(7-10(19)8-14(16)20)15(26)13-9-22-18(24-17(13)21)23-11-3-5-25(28-2)6-4-11/h7-9,11H,3-6H2,1-2H3,(H3,21,22,23,24). The van der Waals surface area contributed by atoms with Gasteiger partial charge in [0.05, 0.1) is 18.2 Å². The fourth-order valence-electron chi connectivity index (χ4n) is 3.09. The van der Waals surface area contributed by atoms with Crippen LogP contribution in [0.5, 0.6) is 5.75 Å². The Bertz CT molecular complexity index is 875. The maximum absolute atomic E-state index is 13.9. The highest BCUT2D eigenvalue weighted by atomic mass is 32.2. The highest BCUT2D eigenvalue weighted by molar-refractivity contribution is 7.96. The van der Waals surface area contributed by atoms with E-state index in [1.165, 1.54) is 13.3 Å². The van der Waals surface area contributed by atoms with E-state index < -0.39 is 17.4 Å². The third kappa shape index (κ3) is 4.33. The Kier molecular flexibility index (Phi) is 6.30. The van der Waals surface area contributed by atoms with Crippen molar-refractivity contribution in [1.82, 2.24) is 14.3 Å². The van der Waals surface area contributed by atoms with Gasteiger partial charge in [0.1, 0.15) is 11.6 Å². The van der Waals surface area contributed by atoms with Gasteiger partial charge < -0.3 is 15.8 Å². The predicted molar refractivity (Wildman–Crippen MR) is 105 cm³/mol. The third-order valence-electron chi connectivity index (χ3n) is 4.57. The first-order valence-electron chi connectivity index (χ1n) is 8.68. The molecular weight excluding hydrogens is 388 g/mol. The molecule has 7 nitrogen and oxygen atoms in total. The van der Waals surface area contributed by atoms with Crippen LogP contribution in [0.1, 0.15) is 28.8 Å². The number of nitrogens with zero attached hydrogens (tertiary/aromatic N) is 3. The Morgan fingerprint density at radius 1 is 1.32 bits per heavy atom. The Balaban J connectivity index is 1.79. The predicted octanol–water partition coefficient (Wildman–Crippen LogP) is 2.73. The molecule has 0 amide bonds. The number of nitrogens with two attached hydrogens (primary N) is 1. The number of nitrogens with one attached hydrogen (secondary N) is 1. The average molecular weight is 409 g/mol. The van der Waals surface area contributed by atoms with Gasteiger partial charge in [-0.3, -0.25) is 9.10 Å². The van der Waals surface area contributed by atoms with Crippen LogP contribution in [0.2, 0.25) is 0 Å². The van der Waals surface area contributed by atoms with Crippen LogP contribution in [-0.4, -0.2) is 52.6 Å². The zero-order chi connectivity index (χ0) is 20.3. The molecule has 1 aromatic heterocycles. The summed E-state index contributed by atoms with van der Waals surface area (Å²) in [6.07, 6.45) is 5.17. The minimum atomic E-state index is -0.972. The van der Waals surface area contributed by atoms with E-state index in [0.29, 0.717) is 12.0 Å². The normalized spacial score (nSPS) is 15.4. The summed E-state index contributed by atoms with van der Waals surface area (Å²) >= 11 is 1.72. The molecular formula is C18H21F2N5O2S. The van der Waals surface area contributed by atoms with E-state index in [-0.39, 0.29) is 28.7 Å². The van der Waals surface area contributed by atoms with Crippen LogP contribution in [0.3, 0.4) is 0 Å². The van der Waals surface area contributed by atoms with Crippen molar-refractivity contribution in [3.63, 3.8) is 0 Å². The van der Waals surface area contributed by atoms with Crippen molar-refractivity contribution >= 4 is 29.5 Å². The highest BCUT2D eigenvalue weighted by Gasteiger charge is 2.24. The lowest BCUT2D eigenvalue weighted by molar-refractivity contribution is 0.103. The zero-order valence-corrected chi connectivity index (χ0v) is 16.4. The van der Waals surface area contributed by atoms with Crippen molar-refractivity contribution in [2.75, 3.05) is 37.5 Å². The van der Waals surface area contributed by atoms with E-state index in [2.05, 4.69) is 19.6 Å². The number of piperidine rings is 1. The van der Waals surface area contributed by atoms with Gasteiger partial charge in [-0.05, 0) is 25.2 Å². The van der Waals surface area contributed by atoms with Crippen LogP contribution >= 0.6 is 11.9 Å². The second-order valence-electron chi connectivity index (χ2n) is 6.32. The van der Waals surface area contributed by atoms with Crippen LogP contribution in [0, 0.1) is 11.6 Å². The van der Waals surface area contributed by atoms with E-state index in [1.807, 2.05) is 6.26 Å². The SMILES string of the molecule is COc1c(F)cc(F)cc1C(=O)c1cnc(NC2CCN(SC)CC2)nc1N. The van der Waals surface area contributed by atoms with Crippen molar-refractivity contribution in [2.24, 2.45) is 0 Å². The summed E-state index contributed by atoms with van der Waals surface area (Å²) in [7, 11) is 1.20. The molecule has 10 heteroatoms. The molecule has 0 bridgehead atoms. The molecule has 0 atom stereocenters. The maximum atomic E-state index is 13.9. The Morgan fingerprint density at radius 3 is 2.64 bits per heavy atom. The molecule has 1 saturated heterocycles. The summed E-state index contributed by atoms with van der Waals surface area (Å²) in [5.74, 6) is -2.69. The molecule has 0 unspecified atom stereocenters. The van der Waals surface area contributed by atoms with Crippen molar-refractivity contribution in [3.05, 3.63) is 41.1 Å². The molecule has 2 heterocycles. The molecule has 0 radical (unpaired) electrons. The third-order valence-corrected chi connectivity index (χ3v) is 5.45. The van der Waals surface area contributed by atoms with Gasteiger partial charge in [0.25, 0.3) is 0 Å². The molecule has 150 valence electrons. The number of carbonyl (C=O) groups is 1. The quantitative estimate of drug-likeness (QED) is 0.556. The van der Waals surface area contributed by atoms with Crippen LogP contribution in [0.15, 0.2) is 18.3 Å². The molecule has 0 aliphatic carbocycles. The second kappa shape index (κ2) is 8.70. The van der Waals surface area contributed by atoms with Crippen molar-refractivity contribution < 1.29 is 18.3 Å². The number of benzene rings is 1. The molecule has 1 aromatic carbocycles. The highest BCUT2D eigenvalue weighted by Crippen LogP contribution is 2.28. The summed E-state index contributed by atoms with van der Waals surface area (Å²) in [6.45, 7) is 1.91. The van der Waals surface area contributed by atoms with Gasteiger partial charge in [0.15, 0.2) is 11.6 Å². The fourth-order valence-corrected chi connectivity index (χ4v) is 3.66. The molecule has 3 rings (SSSR count). The lowest BCUT2D eigenvalue weighted by atomic mass is 10.0. The number of halogens is 2. The Hall–Kier alpha value is -2.46. The molecule has 0 saturated carbocycles. The van der Waals surface area contributed by atoms with Gasteiger partial charge in [-0.15, -0.1) is 0 Å². The summed E-state index contributed by atoms with van der Waals surface area (Å²) in [6, 6.07) is 1.75. The van der Waals surface area contributed by atoms with E-state index in [1.54, 1.807) is 11.9 Å². The zero-order valence-electron chi connectivity index (χ0n) is 15.5. The summed E-state index contributed by atoms with van der Waals surface area (Å²) in [5, 5.41) is 3.22.